The average molecular weight is 387 g/mol. The fourth-order valence-corrected chi connectivity index (χ4v) is 3.40. The lowest BCUT2D eigenvalue weighted by molar-refractivity contribution is -0.00545. The highest BCUT2D eigenvalue weighted by atomic mass is 16.5. The topological polar surface area (TPSA) is 82.9 Å². The van der Waals surface area contributed by atoms with Crippen molar-refractivity contribution in [1.82, 2.24) is 15.2 Å². The number of hydrogen-bond acceptors (Lipinski definition) is 6. The number of nitrogens with zero attached hydrogens (tertiary/aromatic N) is 3. The first-order chi connectivity index (χ1) is 13.4. The van der Waals surface area contributed by atoms with E-state index in [1.165, 1.54) is 0 Å². The van der Waals surface area contributed by atoms with Crippen LogP contribution in [-0.2, 0) is 4.74 Å². The number of nitrogens with one attached hydrogen (secondary N) is 2. The monoisotopic (exact) mass is 387 g/mol. The van der Waals surface area contributed by atoms with E-state index in [-0.39, 0.29) is 24.3 Å². The fourth-order valence-electron chi connectivity index (χ4n) is 3.40. The molecule has 2 amide bonds. The van der Waals surface area contributed by atoms with Crippen molar-refractivity contribution in [3.63, 3.8) is 0 Å². The van der Waals surface area contributed by atoms with Crippen LogP contribution in [0, 0.1) is 0 Å². The number of amides is 2. The maximum Gasteiger partial charge on any atom is 0.319 e. The number of carbonyl (C=O) groups excluding carboxylic acids is 1. The van der Waals surface area contributed by atoms with E-state index in [0.29, 0.717) is 12.2 Å². The smallest absolute Gasteiger partial charge is 0.319 e. The average Bonchev–Trinajstić information content (AvgIpc) is 3.15. The SMILES string of the molecule is C[C@@H]1CN(c2ccc(NC(=O)NC[C@@H](c3ccco3)N(C)C)cn2)C[C@@H](C)O1. The van der Waals surface area contributed by atoms with E-state index in [2.05, 4.69) is 34.4 Å². The van der Waals surface area contributed by atoms with Gasteiger partial charge >= 0.3 is 6.03 Å². The minimum absolute atomic E-state index is 0.0356. The molecule has 3 heterocycles. The van der Waals surface area contributed by atoms with Gasteiger partial charge in [0.1, 0.15) is 11.6 Å². The lowest BCUT2D eigenvalue weighted by Gasteiger charge is -2.36. The molecule has 0 spiro atoms. The third-order valence-electron chi connectivity index (χ3n) is 4.70. The van der Waals surface area contributed by atoms with Crippen LogP contribution in [-0.4, -0.2) is 61.9 Å². The summed E-state index contributed by atoms with van der Waals surface area (Å²) < 4.78 is 11.2. The van der Waals surface area contributed by atoms with E-state index in [1.807, 2.05) is 43.3 Å². The molecule has 3 atom stereocenters. The van der Waals surface area contributed by atoms with Crippen LogP contribution in [0.4, 0.5) is 16.3 Å². The Labute approximate surface area is 165 Å². The van der Waals surface area contributed by atoms with Gasteiger partial charge in [0, 0.05) is 19.6 Å². The summed E-state index contributed by atoms with van der Waals surface area (Å²) in [6, 6.07) is 7.22. The number of hydrogen-bond donors (Lipinski definition) is 2. The first kappa shape index (κ1) is 20.2. The van der Waals surface area contributed by atoms with Gasteiger partial charge in [-0.2, -0.15) is 0 Å². The molecule has 152 valence electrons. The molecule has 0 aromatic carbocycles. The second-order valence-electron chi connectivity index (χ2n) is 7.40. The number of carbonyl (C=O) groups is 1. The summed E-state index contributed by atoms with van der Waals surface area (Å²) in [4.78, 5) is 21.0. The number of urea groups is 1. The van der Waals surface area contributed by atoms with Gasteiger partial charge in [0.15, 0.2) is 0 Å². The van der Waals surface area contributed by atoms with Crippen LogP contribution in [0.15, 0.2) is 41.1 Å². The molecule has 2 aromatic rings. The molecule has 3 rings (SSSR count). The van der Waals surface area contributed by atoms with Crippen molar-refractivity contribution in [2.45, 2.75) is 32.1 Å². The summed E-state index contributed by atoms with van der Waals surface area (Å²) in [7, 11) is 3.89. The van der Waals surface area contributed by atoms with Crippen molar-refractivity contribution in [2.75, 3.05) is 43.9 Å². The molecule has 0 bridgehead atoms. The zero-order valence-electron chi connectivity index (χ0n) is 16.9. The van der Waals surface area contributed by atoms with Crippen molar-refractivity contribution in [3.8, 4) is 0 Å². The lowest BCUT2D eigenvalue weighted by Crippen LogP contribution is -2.45. The highest BCUT2D eigenvalue weighted by molar-refractivity contribution is 5.89. The summed E-state index contributed by atoms with van der Waals surface area (Å²) in [5, 5.41) is 5.71. The van der Waals surface area contributed by atoms with Crippen molar-refractivity contribution in [3.05, 3.63) is 42.5 Å². The van der Waals surface area contributed by atoms with Gasteiger partial charge in [-0.15, -0.1) is 0 Å². The molecular weight excluding hydrogens is 358 g/mol. The summed E-state index contributed by atoms with van der Waals surface area (Å²) in [5.74, 6) is 1.70. The molecule has 0 saturated carbocycles. The number of likely N-dealkylation sites (N-methyl/N-ethyl adjacent to an activating group) is 1. The first-order valence-electron chi connectivity index (χ1n) is 9.53. The fraction of sp³-hybridized carbons (Fsp3) is 0.500. The first-order valence-corrected chi connectivity index (χ1v) is 9.53. The van der Waals surface area contributed by atoms with Crippen LogP contribution in [0.5, 0.6) is 0 Å². The van der Waals surface area contributed by atoms with Crippen LogP contribution in [0.1, 0.15) is 25.6 Å². The van der Waals surface area contributed by atoms with Gasteiger partial charge in [0.25, 0.3) is 0 Å². The van der Waals surface area contributed by atoms with Gasteiger partial charge in [0.2, 0.25) is 0 Å². The summed E-state index contributed by atoms with van der Waals surface area (Å²) in [6.07, 6.45) is 3.66. The Morgan fingerprint density at radius 2 is 2.04 bits per heavy atom. The Balaban J connectivity index is 1.53. The van der Waals surface area contributed by atoms with Crippen LogP contribution < -0.4 is 15.5 Å². The standard InChI is InChI=1S/C20H29N5O3/c1-14-12-25(13-15(2)28-14)19-8-7-16(10-21-19)23-20(26)22-11-17(24(3)4)18-6-5-9-27-18/h5-10,14-15,17H,11-13H2,1-4H3,(H2,22,23,26)/t14-,15-,17+/m1/s1. The molecular formula is C20H29N5O3. The quantitative estimate of drug-likeness (QED) is 0.793. The summed E-state index contributed by atoms with van der Waals surface area (Å²) in [5.41, 5.74) is 0.648. The van der Waals surface area contributed by atoms with Gasteiger partial charge in [0.05, 0.1) is 36.4 Å². The maximum atomic E-state index is 12.3. The van der Waals surface area contributed by atoms with E-state index in [4.69, 9.17) is 9.15 Å². The van der Waals surface area contributed by atoms with Crippen molar-refractivity contribution in [2.24, 2.45) is 0 Å². The van der Waals surface area contributed by atoms with E-state index in [0.717, 1.165) is 24.7 Å². The normalized spacial score (nSPS) is 20.8. The maximum absolute atomic E-state index is 12.3. The molecule has 8 heteroatoms. The third kappa shape index (κ3) is 5.24. The molecule has 0 aliphatic carbocycles. The molecule has 1 aliphatic rings. The van der Waals surface area contributed by atoms with Crippen molar-refractivity contribution < 1.29 is 13.9 Å². The Hall–Kier alpha value is -2.58. The van der Waals surface area contributed by atoms with Crippen LogP contribution in [0.2, 0.25) is 0 Å². The van der Waals surface area contributed by atoms with E-state index in [1.54, 1.807) is 12.5 Å². The lowest BCUT2D eigenvalue weighted by atomic mass is 10.2. The number of ether oxygens (including phenoxy) is 1. The Kier molecular flexibility index (Phi) is 6.53. The van der Waals surface area contributed by atoms with Crippen LogP contribution in [0.3, 0.4) is 0 Å². The number of aromatic nitrogens is 1. The number of anilines is 2. The van der Waals surface area contributed by atoms with Crippen LogP contribution in [0.25, 0.3) is 0 Å². The predicted molar refractivity (Wildman–Crippen MR) is 109 cm³/mol. The van der Waals surface area contributed by atoms with Crippen molar-refractivity contribution >= 4 is 17.5 Å². The van der Waals surface area contributed by atoms with E-state index in [9.17, 15) is 4.79 Å². The molecule has 1 aliphatic heterocycles. The predicted octanol–water partition coefficient (Wildman–Crippen LogP) is 2.71. The van der Waals surface area contributed by atoms with Crippen molar-refractivity contribution in [1.29, 1.82) is 0 Å². The summed E-state index contributed by atoms with van der Waals surface area (Å²) in [6.45, 7) is 6.17. The van der Waals surface area contributed by atoms with Gasteiger partial charge in [-0.25, -0.2) is 9.78 Å². The molecule has 0 radical (unpaired) electrons. The molecule has 2 N–H and O–H groups in total. The number of morpholine rings is 1. The zero-order valence-corrected chi connectivity index (χ0v) is 16.9. The third-order valence-corrected chi connectivity index (χ3v) is 4.70. The Bertz CT molecular complexity index is 738. The summed E-state index contributed by atoms with van der Waals surface area (Å²) >= 11 is 0. The minimum Gasteiger partial charge on any atom is -0.468 e. The molecule has 8 nitrogen and oxygen atoms in total. The highest BCUT2D eigenvalue weighted by Crippen LogP contribution is 2.20. The molecule has 0 unspecified atom stereocenters. The highest BCUT2D eigenvalue weighted by Gasteiger charge is 2.23. The molecule has 2 aromatic heterocycles. The van der Waals surface area contributed by atoms with Gasteiger partial charge in [-0.3, -0.25) is 4.90 Å². The van der Waals surface area contributed by atoms with Gasteiger partial charge < -0.3 is 24.7 Å². The number of furan rings is 1. The Morgan fingerprint density at radius 1 is 1.29 bits per heavy atom. The van der Waals surface area contributed by atoms with E-state index < -0.39 is 0 Å². The molecule has 28 heavy (non-hydrogen) atoms. The molecule has 1 fully saturated rings. The number of rotatable bonds is 6. The van der Waals surface area contributed by atoms with E-state index >= 15 is 0 Å². The second kappa shape index (κ2) is 9.07. The largest absolute Gasteiger partial charge is 0.468 e. The second-order valence-corrected chi connectivity index (χ2v) is 7.40. The van der Waals surface area contributed by atoms with Crippen LogP contribution >= 0.6 is 0 Å². The van der Waals surface area contributed by atoms with Gasteiger partial charge in [-0.05, 0) is 52.2 Å². The Morgan fingerprint density at radius 3 is 2.61 bits per heavy atom. The van der Waals surface area contributed by atoms with Gasteiger partial charge in [-0.1, -0.05) is 0 Å². The minimum atomic E-state index is -0.276. The molecule has 1 saturated heterocycles. The zero-order chi connectivity index (χ0) is 20.1. The number of pyridine rings is 1.